The van der Waals surface area contributed by atoms with Gasteiger partial charge in [-0.25, -0.2) is 18.7 Å². The van der Waals surface area contributed by atoms with E-state index in [9.17, 15) is 13.6 Å². The molecular weight excluding hydrogens is 364 g/mol. The highest BCUT2D eigenvalue weighted by Crippen LogP contribution is 2.75. The SMILES string of the molecule is C=CC(=O)N1CCC[C@@H](Nc2ncnc3[nH]cc(C45CCCC4C5(F)F)c23)C1. The molecule has 2 aliphatic carbocycles. The van der Waals surface area contributed by atoms with Crippen molar-refractivity contribution in [3.8, 4) is 0 Å². The molecule has 2 N–H and O–H groups in total. The van der Waals surface area contributed by atoms with Crippen molar-refractivity contribution in [1.29, 1.82) is 0 Å². The van der Waals surface area contributed by atoms with E-state index in [-0.39, 0.29) is 11.9 Å². The molecule has 3 heterocycles. The van der Waals surface area contributed by atoms with E-state index in [1.807, 2.05) is 0 Å². The van der Waals surface area contributed by atoms with Crippen molar-refractivity contribution in [2.75, 3.05) is 18.4 Å². The molecule has 2 unspecified atom stereocenters. The summed E-state index contributed by atoms with van der Waals surface area (Å²) in [4.78, 5) is 25.4. The highest BCUT2D eigenvalue weighted by molar-refractivity contribution is 5.92. The van der Waals surface area contributed by atoms with Crippen molar-refractivity contribution in [2.24, 2.45) is 5.92 Å². The van der Waals surface area contributed by atoms with E-state index >= 15 is 0 Å². The number of piperidine rings is 1. The lowest BCUT2D eigenvalue weighted by Gasteiger charge is -2.33. The molecule has 0 bridgehead atoms. The molecule has 6 nitrogen and oxygen atoms in total. The highest BCUT2D eigenvalue weighted by atomic mass is 19.3. The number of carbonyl (C=O) groups excluding carboxylic acids is 1. The maximum atomic E-state index is 14.6. The number of carbonyl (C=O) groups is 1. The number of hydrogen-bond acceptors (Lipinski definition) is 4. The fourth-order valence-electron chi connectivity index (χ4n) is 5.43. The summed E-state index contributed by atoms with van der Waals surface area (Å²) in [5.74, 6) is -2.76. The third-order valence-electron chi connectivity index (χ3n) is 6.81. The molecule has 5 rings (SSSR count). The zero-order valence-electron chi connectivity index (χ0n) is 15.5. The van der Waals surface area contributed by atoms with E-state index in [4.69, 9.17) is 0 Å². The van der Waals surface area contributed by atoms with Crippen LogP contribution in [0.3, 0.4) is 0 Å². The Morgan fingerprint density at radius 2 is 2.21 bits per heavy atom. The largest absolute Gasteiger partial charge is 0.365 e. The fraction of sp³-hybridized carbons (Fsp3) is 0.550. The van der Waals surface area contributed by atoms with Crippen LogP contribution in [-0.2, 0) is 10.2 Å². The van der Waals surface area contributed by atoms with Gasteiger partial charge in [0.2, 0.25) is 5.91 Å². The Bertz CT molecular complexity index is 957. The van der Waals surface area contributed by atoms with Crippen LogP contribution in [0.4, 0.5) is 14.6 Å². The summed E-state index contributed by atoms with van der Waals surface area (Å²) < 4.78 is 29.3. The van der Waals surface area contributed by atoms with Crippen molar-refractivity contribution in [1.82, 2.24) is 19.9 Å². The van der Waals surface area contributed by atoms with Crippen LogP contribution in [0.15, 0.2) is 25.2 Å². The number of aromatic amines is 1. The van der Waals surface area contributed by atoms with Crippen LogP contribution < -0.4 is 5.32 Å². The number of amides is 1. The molecule has 28 heavy (non-hydrogen) atoms. The number of nitrogens with one attached hydrogen (secondary N) is 2. The first-order chi connectivity index (χ1) is 13.5. The molecule has 1 amide bonds. The normalized spacial score (nSPS) is 30.9. The van der Waals surface area contributed by atoms with Gasteiger partial charge in [-0.05, 0) is 37.3 Å². The molecule has 2 saturated carbocycles. The second-order valence-corrected chi connectivity index (χ2v) is 8.16. The van der Waals surface area contributed by atoms with Gasteiger partial charge >= 0.3 is 0 Å². The molecule has 2 aromatic heterocycles. The van der Waals surface area contributed by atoms with Gasteiger partial charge < -0.3 is 15.2 Å². The van der Waals surface area contributed by atoms with Crippen LogP contribution in [0.2, 0.25) is 0 Å². The Balaban J connectivity index is 1.49. The standard InChI is InChI=1S/C20H23F2N5O/c1-2-15(28)27-8-4-5-12(10-27)26-18-16-13(9-23-17(16)24-11-25-18)19-7-3-6-14(19)20(19,21)22/h2,9,11-12,14H,1,3-8,10H2,(H2,23,24,25,26)/t12-,14?,19?/m1/s1. The highest BCUT2D eigenvalue weighted by Gasteiger charge is 2.82. The molecule has 2 aromatic rings. The minimum atomic E-state index is -2.66. The second kappa shape index (κ2) is 5.99. The molecule has 3 fully saturated rings. The summed E-state index contributed by atoms with van der Waals surface area (Å²) in [5.41, 5.74) is 0.127. The number of fused-ring (bicyclic) bond motifs is 2. The van der Waals surface area contributed by atoms with Gasteiger partial charge in [0.05, 0.1) is 10.8 Å². The van der Waals surface area contributed by atoms with Gasteiger partial charge in [0.1, 0.15) is 17.8 Å². The summed E-state index contributed by atoms with van der Waals surface area (Å²) >= 11 is 0. The zero-order chi connectivity index (χ0) is 19.5. The molecule has 3 aliphatic rings. The van der Waals surface area contributed by atoms with Gasteiger partial charge in [0, 0.05) is 31.2 Å². The van der Waals surface area contributed by atoms with Crippen molar-refractivity contribution in [3.05, 3.63) is 30.7 Å². The van der Waals surface area contributed by atoms with E-state index in [2.05, 4.69) is 26.8 Å². The number of nitrogens with zero attached hydrogens (tertiary/aromatic N) is 3. The third-order valence-corrected chi connectivity index (χ3v) is 6.81. The Hall–Kier alpha value is -2.51. The average molecular weight is 387 g/mol. The first-order valence-corrected chi connectivity index (χ1v) is 9.87. The van der Waals surface area contributed by atoms with E-state index in [1.54, 1.807) is 11.1 Å². The molecule has 8 heteroatoms. The van der Waals surface area contributed by atoms with E-state index in [1.165, 1.54) is 12.4 Å². The van der Waals surface area contributed by atoms with Crippen LogP contribution in [0.1, 0.15) is 37.7 Å². The Labute approximate surface area is 161 Å². The number of aromatic nitrogens is 3. The first-order valence-electron chi connectivity index (χ1n) is 9.87. The summed E-state index contributed by atoms with van der Waals surface area (Å²) in [7, 11) is 0. The minimum Gasteiger partial charge on any atom is -0.365 e. The molecular formula is C20H23F2N5O. The topological polar surface area (TPSA) is 73.9 Å². The third kappa shape index (κ3) is 2.26. The number of rotatable bonds is 4. The van der Waals surface area contributed by atoms with Gasteiger partial charge in [-0.3, -0.25) is 4.79 Å². The monoisotopic (exact) mass is 387 g/mol. The average Bonchev–Trinajstić information content (AvgIpc) is 3.15. The molecule has 1 aliphatic heterocycles. The van der Waals surface area contributed by atoms with E-state index in [0.717, 1.165) is 19.3 Å². The van der Waals surface area contributed by atoms with Crippen LogP contribution in [0, 0.1) is 5.92 Å². The lowest BCUT2D eigenvalue weighted by molar-refractivity contribution is -0.127. The number of halogens is 2. The van der Waals surface area contributed by atoms with Crippen molar-refractivity contribution in [2.45, 2.75) is 49.5 Å². The predicted octanol–water partition coefficient (Wildman–Crippen LogP) is 3.23. The van der Waals surface area contributed by atoms with Crippen LogP contribution in [0.5, 0.6) is 0 Å². The molecule has 3 atom stereocenters. The van der Waals surface area contributed by atoms with Crippen molar-refractivity contribution >= 4 is 22.8 Å². The second-order valence-electron chi connectivity index (χ2n) is 8.16. The number of H-pyrrole nitrogens is 1. The van der Waals surface area contributed by atoms with Gasteiger partial charge in [-0.2, -0.15) is 0 Å². The summed E-state index contributed by atoms with van der Waals surface area (Å²) in [6.45, 7) is 4.80. The first kappa shape index (κ1) is 17.6. The minimum absolute atomic E-state index is 0.00934. The molecule has 148 valence electrons. The molecule has 0 aromatic carbocycles. The maximum Gasteiger partial charge on any atom is 0.262 e. The van der Waals surface area contributed by atoms with Gasteiger partial charge in [-0.1, -0.05) is 13.0 Å². The predicted molar refractivity (Wildman–Crippen MR) is 101 cm³/mol. The lowest BCUT2D eigenvalue weighted by atomic mass is 9.92. The lowest BCUT2D eigenvalue weighted by Crippen LogP contribution is -2.44. The number of likely N-dealkylation sites (tertiary alicyclic amines) is 1. The summed E-state index contributed by atoms with van der Waals surface area (Å²) in [6, 6.07) is 0.00934. The van der Waals surface area contributed by atoms with Gasteiger partial charge in [0.15, 0.2) is 0 Å². The summed E-state index contributed by atoms with van der Waals surface area (Å²) in [5, 5.41) is 4.07. The number of alkyl halides is 2. The van der Waals surface area contributed by atoms with E-state index < -0.39 is 17.3 Å². The maximum absolute atomic E-state index is 14.6. The Morgan fingerprint density at radius 1 is 1.36 bits per heavy atom. The van der Waals surface area contributed by atoms with Crippen LogP contribution >= 0.6 is 0 Å². The van der Waals surface area contributed by atoms with Crippen LogP contribution in [-0.4, -0.2) is 50.8 Å². The van der Waals surface area contributed by atoms with Crippen LogP contribution in [0.25, 0.3) is 11.0 Å². The molecule has 1 saturated heterocycles. The van der Waals surface area contributed by atoms with Crippen molar-refractivity contribution < 1.29 is 13.6 Å². The quantitative estimate of drug-likeness (QED) is 0.790. The van der Waals surface area contributed by atoms with Gasteiger partial charge in [-0.15, -0.1) is 0 Å². The smallest absolute Gasteiger partial charge is 0.262 e. The summed E-state index contributed by atoms with van der Waals surface area (Å²) in [6.07, 6.45) is 8.10. The fourth-order valence-corrected chi connectivity index (χ4v) is 5.43. The molecule has 0 radical (unpaired) electrons. The van der Waals surface area contributed by atoms with E-state index in [0.29, 0.717) is 48.3 Å². The number of anilines is 1. The Morgan fingerprint density at radius 3 is 2.96 bits per heavy atom. The zero-order valence-corrected chi connectivity index (χ0v) is 15.5. The molecule has 0 spiro atoms. The van der Waals surface area contributed by atoms with Gasteiger partial charge in [0.25, 0.3) is 5.92 Å². The van der Waals surface area contributed by atoms with Crippen molar-refractivity contribution in [3.63, 3.8) is 0 Å². The Kier molecular flexibility index (Phi) is 3.76. The number of hydrogen-bond donors (Lipinski definition) is 2.